The number of ketones is 1. The summed E-state index contributed by atoms with van der Waals surface area (Å²) in [5, 5.41) is 8.74. The van der Waals surface area contributed by atoms with Crippen molar-refractivity contribution >= 4 is 40.6 Å². The normalized spacial score (nSPS) is 12.0. The summed E-state index contributed by atoms with van der Waals surface area (Å²) >= 11 is 4.69. The summed E-state index contributed by atoms with van der Waals surface area (Å²) in [7, 11) is 0. The molecule has 3 aromatic rings. The monoisotopic (exact) mass is 372 g/mol. The first-order chi connectivity index (χ1) is 11.7. The Kier molecular flexibility index (Phi) is 6.07. The Bertz CT molecular complexity index is 790. The van der Waals surface area contributed by atoms with Gasteiger partial charge in [0, 0.05) is 10.8 Å². The molecule has 2 aromatic carbocycles. The van der Waals surface area contributed by atoms with Gasteiger partial charge in [0.05, 0.1) is 5.75 Å². The summed E-state index contributed by atoms with van der Waals surface area (Å²) in [4.78, 5) is 12.1. The van der Waals surface area contributed by atoms with Crippen LogP contribution in [0.3, 0.4) is 0 Å². The van der Waals surface area contributed by atoms with Crippen LogP contribution in [0.2, 0.25) is 0 Å². The van der Waals surface area contributed by atoms with Crippen molar-refractivity contribution in [2.24, 2.45) is 0 Å². The van der Waals surface area contributed by atoms with Crippen molar-refractivity contribution in [2.45, 2.75) is 20.9 Å². The predicted molar refractivity (Wildman–Crippen MR) is 102 cm³/mol. The van der Waals surface area contributed by atoms with Crippen LogP contribution in [0.1, 0.15) is 28.1 Å². The van der Waals surface area contributed by atoms with Crippen molar-refractivity contribution in [3.05, 3.63) is 71.8 Å². The fourth-order valence-electron chi connectivity index (χ4n) is 2.08. The molecule has 3 nitrogen and oxygen atoms in total. The van der Waals surface area contributed by atoms with Crippen LogP contribution < -0.4 is 0 Å². The minimum absolute atomic E-state index is 0.114. The van der Waals surface area contributed by atoms with E-state index in [0.717, 1.165) is 14.2 Å². The Hall–Kier alpha value is -1.63. The zero-order valence-electron chi connectivity index (χ0n) is 13.1. The molecule has 1 aromatic heterocycles. The van der Waals surface area contributed by atoms with E-state index < -0.39 is 0 Å². The Morgan fingerprint density at radius 2 is 1.62 bits per heavy atom. The second kappa shape index (κ2) is 8.46. The Labute approximate surface area is 153 Å². The SMILES string of the molecule is C[C@@H](Sc1nnc(SCC(=O)c2ccccc2)s1)c1ccccc1. The molecule has 0 aliphatic rings. The first-order valence-electron chi connectivity index (χ1n) is 7.48. The molecular formula is C18H16N2OS3. The maximum atomic E-state index is 12.1. The molecule has 0 spiro atoms. The molecule has 0 aliphatic heterocycles. The van der Waals surface area contributed by atoms with Crippen molar-refractivity contribution in [2.75, 3.05) is 5.75 Å². The average molecular weight is 373 g/mol. The van der Waals surface area contributed by atoms with Crippen LogP contribution >= 0.6 is 34.9 Å². The molecule has 3 rings (SSSR count). The van der Waals surface area contributed by atoms with E-state index in [4.69, 9.17) is 0 Å². The minimum atomic E-state index is 0.114. The highest BCUT2D eigenvalue weighted by atomic mass is 32.2. The predicted octanol–water partition coefficient (Wildman–Crippen LogP) is 5.37. The van der Waals surface area contributed by atoms with Gasteiger partial charge in [-0.1, -0.05) is 95.5 Å². The van der Waals surface area contributed by atoms with Gasteiger partial charge in [-0.3, -0.25) is 4.79 Å². The number of hydrogen-bond donors (Lipinski definition) is 0. The fraction of sp³-hybridized carbons (Fsp3) is 0.167. The molecule has 0 saturated carbocycles. The summed E-state index contributed by atoms with van der Waals surface area (Å²) in [6, 6.07) is 19.7. The van der Waals surface area contributed by atoms with E-state index in [9.17, 15) is 4.79 Å². The van der Waals surface area contributed by atoms with Crippen LogP contribution in [0.4, 0.5) is 0 Å². The van der Waals surface area contributed by atoms with Gasteiger partial charge in [-0.05, 0) is 12.5 Å². The van der Waals surface area contributed by atoms with Crippen molar-refractivity contribution in [1.29, 1.82) is 0 Å². The quantitative estimate of drug-likeness (QED) is 0.412. The third-order valence-electron chi connectivity index (χ3n) is 3.36. The highest BCUT2D eigenvalue weighted by molar-refractivity contribution is 8.03. The Morgan fingerprint density at radius 3 is 2.33 bits per heavy atom. The lowest BCUT2D eigenvalue weighted by atomic mass is 10.2. The number of rotatable bonds is 7. The molecule has 0 bridgehead atoms. The van der Waals surface area contributed by atoms with Gasteiger partial charge in [0.1, 0.15) is 0 Å². The van der Waals surface area contributed by atoms with Crippen molar-refractivity contribution < 1.29 is 4.79 Å². The lowest BCUT2D eigenvalue weighted by molar-refractivity contribution is 0.102. The van der Waals surface area contributed by atoms with Gasteiger partial charge in [-0.2, -0.15) is 0 Å². The second-order valence-corrected chi connectivity index (χ2v) is 8.87. The Balaban J connectivity index is 1.55. The standard InChI is InChI=1S/C18H16N2OS3/c1-13(14-8-4-2-5-9-14)23-18-20-19-17(24-18)22-12-16(21)15-10-6-3-7-11-15/h2-11,13H,12H2,1H3/t13-/m1/s1. The van der Waals surface area contributed by atoms with E-state index >= 15 is 0 Å². The number of thioether (sulfide) groups is 2. The largest absolute Gasteiger partial charge is 0.293 e. The van der Waals surface area contributed by atoms with Crippen LogP contribution in [-0.2, 0) is 0 Å². The fourth-order valence-corrected chi connectivity index (χ4v) is 5.27. The number of benzene rings is 2. The van der Waals surface area contributed by atoms with Gasteiger partial charge < -0.3 is 0 Å². The summed E-state index contributed by atoms with van der Waals surface area (Å²) in [6.07, 6.45) is 0. The van der Waals surface area contributed by atoms with Crippen molar-refractivity contribution in [3.8, 4) is 0 Å². The molecule has 122 valence electrons. The van der Waals surface area contributed by atoms with Crippen LogP contribution in [0.25, 0.3) is 0 Å². The number of nitrogens with zero attached hydrogens (tertiary/aromatic N) is 2. The van der Waals surface area contributed by atoms with Crippen LogP contribution in [0.15, 0.2) is 69.3 Å². The first kappa shape index (κ1) is 17.2. The van der Waals surface area contributed by atoms with E-state index in [-0.39, 0.29) is 5.78 Å². The molecule has 1 heterocycles. The molecule has 0 aliphatic carbocycles. The van der Waals surface area contributed by atoms with Crippen molar-refractivity contribution in [1.82, 2.24) is 10.2 Å². The van der Waals surface area contributed by atoms with Gasteiger partial charge in [0.2, 0.25) is 0 Å². The summed E-state index contributed by atoms with van der Waals surface area (Å²) < 4.78 is 1.77. The lowest BCUT2D eigenvalue weighted by Crippen LogP contribution is -2.01. The molecule has 0 unspecified atom stereocenters. The number of aromatic nitrogens is 2. The van der Waals surface area contributed by atoms with Crippen LogP contribution in [0.5, 0.6) is 0 Å². The number of carbonyl (C=O) groups is 1. The van der Waals surface area contributed by atoms with E-state index in [1.807, 2.05) is 48.5 Å². The van der Waals surface area contributed by atoms with E-state index in [1.54, 1.807) is 23.1 Å². The summed E-state index contributed by atoms with van der Waals surface area (Å²) in [6.45, 7) is 2.16. The highest BCUT2D eigenvalue weighted by Crippen LogP contribution is 2.38. The van der Waals surface area contributed by atoms with Gasteiger partial charge >= 0.3 is 0 Å². The van der Waals surface area contributed by atoms with E-state index in [0.29, 0.717) is 11.0 Å². The lowest BCUT2D eigenvalue weighted by Gasteiger charge is -2.08. The molecular weight excluding hydrogens is 356 g/mol. The Morgan fingerprint density at radius 1 is 1.00 bits per heavy atom. The van der Waals surface area contributed by atoms with Crippen LogP contribution in [0, 0.1) is 0 Å². The number of Topliss-reactive ketones (excluding diaryl/α,β-unsaturated/α-hetero) is 1. The maximum Gasteiger partial charge on any atom is 0.175 e. The van der Waals surface area contributed by atoms with Gasteiger partial charge in [-0.15, -0.1) is 10.2 Å². The average Bonchev–Trinajstić information content (AvgIpc) is 3.08. The zero-order chi connectivity index (χ0) is 16.8. The molecule has 0 fully saturated rings. The molecule has 0 N–H and O–H groups in total. The molecule has 0 radical (unpaired) electrons. The molecule has 24 heavy (non-hydrogen) atoms. The molecule has 0 amide bonds. The maximum absolute atomic E-state index is 12.1. The minimum Gasteiger partial charge on any atom is -0.293 e. The number of hydrogen-bond acceptors (Lipinski definition) is 6. The topological polar surface area (TPSA) is 42.9 Å². The smallest absolute Gasteiger partial charge is 0.175 e. The highest BCUT2D eigenvalue weighted by Gasteiger charge is 2.13. The summed E-state index contributed by atoms with van der Waals surface area (Å²) in [5.41, 5.74) is 2.01. The third kappa shape index (κ3) is 4.69. The molecule has 0 saturated heterocycles. The van der Waals surface area contributed by atoms with E-state index in [2.05, 4.69) is 29.3 Å². The van der Waals surface area contributed by atoms with Crippen LogP contribution in [-0.4, -0.2) is 21.7 Å². The summed E-state index contributed by atoms with van der Waals surface area (Å²) in [5.74, 6) is 0.500. The third-order valence-corrected chi connectivity index (χ3v) is 6.66. The first-order valence-corrected chi connectivity index (χ1v) is 10.2. The second-order valence-electron chi connectivity index (χ2n) is 5.08. The molecule has 1 atom stereocenters. The van der Waals surface area contributed by atoms with E-state index in [1.165, 1.54) is 17.3 Å². The van der Waals surface area contributed by atoms with Gasteiger partial charge in [0.25, 0.3) is 0 Å². The van der Waals surface area contributed by atoms with Gasteiger partial charge in [-0.25, -0.2) is 0 Å². The molecule has 6 heteroatoms. The van der Waals surface area contributed by atoms with Gasteiger partial charge in [0.15, 0.2) is 14.5 Å². The number of carbonyl (C=O) groups excluding carboxylic acids is 1. The van der Waals surface area contributed by atoms with Crippen molar-refractivity contribution in [3.63, 3.8) is 0 Å². The zero-order valence-corrected chi connectivity index (χ0v) is 15.5.